The molecule has 0 aromatic carbocycles. The van der Waals surface area contributed by atoms with Crippen LogP contribution in [0.5, 0.6) is 0 Å². The molecule has 1 saturated heterocycles. The van der Waals surface area contributed by atoms with Gasteiger partial charge in [0.05, 0.1) is 0 Å². The molecule has 0 unspecified atom stereocenters. The zero-order valence-electron chi connectivity index (χ0n) is 11.1. The van der Waals surface area contributed by atoms with Gasteiger partial charge in [-0.25, -0.2) is 9.97 Å². The van der Waals surface area contributed by atoms with Gasteiger partial charge in [-0.1, -0.05) is 0 Å². The molecule has 2 aromatic heterocycles. The van der Waals surface area contributed by atoms with E-state index in [0.29, 0.717) is 5.92 Å². The molecule has 0 spiro atoms. The number of nitrogens with zero attached hydrogens (tertiary/aromatic N) is 4. The molecule has 0 aliphatic carbocycles. The smallest absolute Gasteiger partial charge is 0.159 e. The maximum Gasteiger partial charge on any atom is 0.159 e. The molecular formula is C14H20N4. The van der Waals surface area contributed by atoms with Crippen molar-refractivity contribution in [3.63, 3.8) is 0 Å². The molecule has 0 N–H and O–H groups in total. The van der Waals surface area contributed by atoms with Crippen molar-refractivity contribution in [2.75, 3.05) is 20.1 Å². The number of rotatable bonds is 2. The molecule has 0 atom stereocenters. The molecule has 1 aliphatic rings. The van der Waals surface area contributed by atoms with E-state index in [0.717, 1.165) is 17.7 Å². The topological polar surface area (TPSA) is 34.0 Å². The minimum absolute atomic E-state index is 0.593. The quantitative estimate of drug-likeness (QED) is 0.812. The van der Waals surface area contributed by atoms with Gasteiger partial charge in [-0.2, -0.15) is 0 Å². The van der Waals surface area contributed by atoms with Gasteiger partial charge in [0, 0.05) is 18.7 Å². The number of hydrogen-bond acceptors (Lipinski definition) is 3. The van der Waals surface area contributed by atoms with Gasteiger partial charge in [0.25, 0.3) is 0 Å². The van der Waals surface area contributed by atoms with E-state index in [1.807, 2.05) is 12.3 Å². The summed E-state index contributed by atoms with van der Waals surface area (Å²) in [7, 11) is 2.20. The van der Waals surface area contributed by atoms with E-state index in [1.165, 1.54) is 31.8 Å². The van der Waals surface area contributed by atoms with Crippen LogP contribution in [0.25, 0.3) is 11.2 Å². The van der Waals surface area contributed by atoms with Crippen LogP contribution in [0.15, 0.2) is 18.3 Å². The van der Waals surface area contributed by atoms with E-state index in [1.54, 1.807) is 0 Å². The average molecular weight is 244 g/mol. The highest BCUT2D eigenvalue weighted by Gasteiger charge is 2.23. The summed E-state index contributed by atoms with van der Waals surface area (Å²) in [5, 5.41) is 0. The van der Waals surface area contributed by atoms with E-state index in [4.69, 9.17) is 4.98 Å². The Bertz CT molecular complexity index is 538. The zero-order chi connectivity index (χ0) is 12.5. The number of likely N-dealkylation sites (tertiary alicyclic amines) is 1. The van der Waals surface area contributed by atoms with Gasteiger partial charge in [0.15, 0.2) is 5.65 Å². The summed E-state index contributed by atoms with van der Waals surface area (Å²) < 4.78 is 2.28. The van der Waals surface area contributed by atoms with E-state index in [-0.39, 0.29) is 0 Å². The van der Waals surface area contributed by atoms with Crippen molar-refractivity contribution >= 4 is 11.2 Å². The van der Waals surface area contributed by atoms with E-state index in [2.05, 4.69) is 34.5 Å². The summed E-state index contributed by atoms with van der Waals surface area (Å²) in [6.45, 7) is 5.47. The van der Waals surface area contributed by atoms with Crippen LogP contribution in [-0.4, -0.2) is 39.6 Å². The van der Waals surface area contributed by atoms with Crippen molar-refractivity contribution in [1.29, 1.82) is 0 Å². The van der Waals surface area contributed by atoms with Gasteiger partial charge >= 0.3 is 0 Å². The Balaban J connectivity index is 2.00. The standard InChI is InChI=1S/C14H20N4/c1-3-18-13(11-6-9-17(2)10-7-11)16-12-5-4-8-15-14(12)18/h4-5,8,11H,3,6-7,9-10H2,1-2H3. The molecule has 3 rings (SSSR count). The normalized spacial score (nSPS) is 18.6. The first kappa shape index (κ1) is 11.7. The van der Waals surface area contributed by atoms with Crippen molar-refractivity contribution in [3.05, 3.63) is 24.2 Å². The third-order valence-corrected chi connectivity index (χ3v) is 3.93. The fourth-order valence-electron chi connectivity index (χ4n) is 2.87. The molecule has 4 heteroatoms. The fourth-order valence-corrected chi connectivity index (χ4v) is 2.87. The highest BCUT2D eigenvalue weighted by atomic mass is 15.1. The second-order valence-electron chi connectivity index (χ2n) is 5.14. The van der Waals surface area contributed by atoms with Gasteiger partial charge in [-0.3, -0.25) is 0 Å². The second-order valence-corrected chi connectivity index (χ2v) is 5.14. The lowest BCUT2D eigenvalue weighted by Crippen LogP contribution is -2.30. The molecular weight excluding hydrogens is 224 g/mol. The molecule has 1 aliphatic heterocycles. The number of fused-ring (bicyclic) bond motifs is 1. The Morgan fingerprint density at radius 2 is 2.11 bits per heavy atom. The SMILES string of the molecule is CCn1c(C2CCN(C)CC2)nc2cccnc21. The lowest BCUT2D eigenvalue weighted by Gasteiger charge is -2.28. The number of pyridine rings is 1. The summed E-state index contributed by atoms with van der Waals surface area (Å²) in [5.74, 6) is 1.83. The van der Waals surface area contributed by atoms with E-state index < -0.39 is 0 Å². The fraction of sp³-hybridized carbons (Fsp3) is 0.571. The molecule has 96 valence electrons. The molecule has 1 fully saturated rings. The maximum absolute atomic E-state index is 4.81. The van der Waals surface area contributed by atoms with Crippen molar-refractivity contribution < 1.29 is 0 Å². The second kappa shape index (κ2) is 4.69. The Morgan fingerprint density at radius 3 is 2.83 bits per heavy atom. The summed E-state index contributed by atoms with van der Waals surface area (Å²) in [6, 6.07) is 4.03. The average Bonchev–Trinajstić information content (AvgIpc) is 2.78. The highest BCUT2D eigenvalue weighted by Crippen LogP contribution is 2.29. The maximum atomic E-state index is 4.81. The number of aromatic nitrogens is 3. The molecule has 0 radical (unpaired) electrons. The van der Waals surface area contributed by atoms with Crippen LogP contribution in [0.1, 0.15) is 31.5 Å². The van der Waals surface area contributed by atoms with Crippen LogP contribution in [0.4, 0.5) is 0 Å². The molecule has 4 nitrogen and oxygen atoms in total. The minimum Gasteiger partial charge on any atom is -0.313 e. The predicted octanol–water partition coefficient (Wildman–Crippen LogP) is 2.26. The van der Waals surface area contributed by atoms with Gasteiger partial charge < -0.3 is 9.47 Å². The number of hydrogen-bond donors (Lipinski definition) is 0. The van der Waals surface area contributed by atoms with Gasteiger partial charge in [0.2, 0.25) is 0 Å². The first-order valence-corrected chi connectivity index (χ1v) is 6.79. The van der Waals surface area contributed by atoms with Gasteiger partial charge in [-0.05, 0) is 52.0 Å². The number of imidazole rings is 1. The summed E-state index contributed by atoms with van der Waals surface area (Å²) in [6.07, 6.45) is 4.27. The lowest BCUT2D eigenvalue weighted by molar-refractivity contribution is 0.249. The summed E-state index contributed by atoms with van der Waals surface area (Å²) in [5.41, 5.74) is 2.07. The third-order valence-electron chi connectivity index (χ3n) is 3.93. The van der Waals surface area contributed by atoms with E-state index in [9.17, 15) is 0 Å². The predicted molar refractivity (Wildman–Crippen MR) is 72.7 cm³/mol. The van der Waals surface area contributed by atoms with Crippen molar-refractivity contribution in [3.8, 4) is 0 Å². The lowest BCUT2D eigenvalue weighted by atomic mass is 9.96. The van der Waals surface area contributed by atoms with E-state index >= 15 is 0 Å². The monoisotopic (exact) mass is 244 g/mol. The van der Waals surface area contributed by atoms with Crippen molar-refractivity contribution in [2.45, 2.75) is 32.2 Å². The Kier molecular flexibility index (Phi) is 3.04. The first-order valence-electron chi connectivity index (χ1n) is 6.79. The number of piperidine rings is 1. The van der Waals surface area contributed by atoms with Crippen LogP contribution >= 0.6 is 0 Å². The van der Waals surface area contributed by atoms with Crippen molar-refractivity contribution in [1.82, 2.24) is 19.4 Å². The minimum atomic E-state index is 0.593. The Labute approximate surface area is 108 Å². The zero-order valence-corrected chi connectivity index (χ0v) is 11.1. The molecule has 2 aromatic rings. The summed E-state index contributed by atoms with van der Waals surface area (Å²) in [4.78, 5) is 11.7. The largest absolute Gasteiger partial charge is 0.313 e. The molecule has 18 heavy (non-hydrogen) atoms. The molecule has 0 saturated carbocycles. The summed E-state index contributed by atoms with van der Waals surface area (Å²) >= 11 is 0. The van der Waals surface area contributed by atoms with Gasteiger partial charge in [0.1, 0.15) is 11.3 Å². The third kappa shape index (κ3) is 1.90. The van der Waals surface area contributed by atoms with Crippen LogP contribution < -0.4 is 0 Å². The highest BCUT2D eigenvalue weighted by molar-refractivity contribution is 5.71. The molecule has 3 heterocycles. The van der Waals surface area contributed by atoms with Crippen molar-refractivity contribution in [2.24, 2.45) is 0 Å². The van der Waals surface area contributed by atoms with Gasteiger partial charge in [-0.15, -0.1) is 0 Å². The number of aryl methyl sites for hydroxylation is 1. The van der Waals surface area contributed by atoms with Crippen LogP contribution in [0, 0.1) is 0 Å². The first-order chi connectivity index (χ1) is 8.79. The van der Waals surface area contributed by atoms with Crippen LogP contribution in [-0.2, 0) is 6.54 Å². The Morgan fingerprint density at radius 1 is 1.33 bits per heavy atom. The van der Waals surface area contributed by atoms with Crippen LogP contribution in [0.2, 0.25) is 0 Å². The molecule has 0 bridgehead atoms. The van der Waals surface area contributed by atoms with Crippen LogP contribution in [0.3, 0.4) is 0 Å². The Hall–Kier alpha value is -1.42. The molecule has 0 amide bonds.